The van der Waals surface area contributed by atoms with Gasteiger partial charge in [0.05, 0.1) is 5.56 Å². The summed E-state index contributed by atoms with van der Waals surface area (Å²) in [6.45, 7) is 0. The van der Waals surface area contributed by atoms with Crippen molar-refractivity contribution in [2.45, 2.75) is 27.9 Å². The first-order valence-electron chi connectivity index (χ1n) is 10.5. The predicted molar refractivity (Wildman–Crippen MR) is 134 cm³/mol. The van der Waals surface area contributed by atoms with Gasteiger partial charge in [0.25, 0.3) is 0 Å². The number of hydrogen-bond acceptors (Lipinski definition) is 5. The first-order valence-corrected chi connectivity index (χ1v) is 12.4. The summed E-state index contributed by atoms with van der Waals surface area (Å²) in [5.41, 5.74) is 0.620. The van der Waals surface area contributed by atoms with Crippen LogP contribution >= 0.6 is 23.5 Å². The predicted octanol–water partition coefficient (Wildman–Crippen LogP) is 7.42. The van der Waals surface area contributed by atoms with Crippen LogP contribution in [0.25, 0.3) is 11.3 Å². The SMILES string of the molecule is O=c1oc(-c2ccccc2)cc(O)c1C(CCCSc1ccccc1)Sc1ccccc1. The van der Waals surface area contributed by atoms with E-state index in [4.69, 9.17) is 4.42 Å². The lowest BCUT2D eigenvalue weighted by Crippen LogP contribution is -2.12. The molecule has 0 fully saturated rings. The van der Waals surface area contributed by atoms with E-state index in [-0.39, 0.29) is 11.0 Å². The van der Waals surface area contributed by atoms with Gasteiger partial charge in [-0.2, -0.15) is 0 Å². The molecule has 1 unspecified atom stereocenters. The van der Waals surface area contributed by atoms with E-state index in [1.54, 1.807) is 29.6 Å². The van der Waals surface area contributed by atoms with Crippen molar-refractivity contribution in [3.05, 3.63) is 113 Å². The lowest BCUT2D eigenvalue weighted by atomic mass is 10.1. The van der Waals surface area contributed by atoms with E-state index >= 15 is 0 Å². The van der Waals surface area contributed by atoms with Gasteiger partial charge in [0.1, 0.15) is 11.5 Å². The van der Waals surface area contributed by atoms with Crippen molar-refractivity contribution < 1.29 is 9.52 Å². The van der Waals surface area contributed by atoms with E-state index in [2.05, 4.69) is 12.1 Å². The third-order valence-electron chi connectivity index (χ3n) is 4.99. The Morgan fingerprint density at radius 2 is 1.41 bits per heavy atom. The Labute approximate surface area is 196 Å². The quantitative estimate of drug-likeness (QED) is 0.208. The highest BCUT2D eigenvalue weighted by atomic mass is 32.2. The van der Waals surface area contributed by atoms with Crippen molar-refractivity contribution in [1.29, 1.82) is 0 Å². The fourth-order valence-electron chi connectivity index (χ4n) is 3.43. The molecule has 1 aromatic heterocycles. The molecule has 0 saturated carbocycles. The van der Waals surface area contributed by atoms with E-state index in [1.807, 2.05) is 78.9 Å². The molecule has 32 heavy (non-hydrogen) atoms. The maximum atomic E-state index is 13.0. The molecule has 162 valence electrons. The third-order valence-corrected chi connectivity index (χ3v) is 7.39. The van der Waals surface area contributed by atoms with Crippen molar-refractivity contribution in [2.75, 3.05) is 5.75 Å². The van der Waals surface area contributed by atoms with Gasteiger partial charge in [-0.25, -0.2) is 4.79 Å². The Morgan fingerprint density at radius 1 is 0.812 bits per heavy atom. The zero-order valence-corrected chi connectivity index (χ0v) is 19.1. The van der Waals surface area contributed by atoms with Crippen LogP contribution in [0.4, 0.5) is 0 Å². The van der Waals surface area contributed by atoms with Gasteiger partial charge in [-0.3, -0.25) is 0 Å². The summed E-state index contributed by atoms with van der Waals surface area (Å²) < 4.78 is 5.64. The highest BCUT2D eigenvalue weighted by Gasteiger charge is 2.23. The Bertz CT molecular complexity index is 1180. The molecule has 0 bridgehead atoms. The molecule has 1 heterocycles. The van der Waals surface area contributed by atoms with Crippen molar-refractivity contribution in [3.63, 3.8) is 0 Å². The molecule has 0 saturated heterocycles. The van der Waals surface area contributed by atoms with Gasteiger partial charge < -0.3 is 9.52 Å². The molecule has 0 aliphatic rings. The molecule has 1 N–H and O–H groups in total. The standard InChI is InChI=1S/C27H24O3S2/c28-23-19-24(20-11-4-1-5-12-20)30-27(29)26(23)25(32-22-15-8-3-9-16-22)17-10-18-31-21-13-6-2-7-14-21/h1-9,11-16,19,25,28H,10,17-18H2. The zero-order chi connectivity index (χ0) is 22.2. The van der Waals surface area contributed by atoms with Crippen LogP contribution in [0.15, 0.2) is 116 Å². The number of hydrogen-bond donors (Lipinski definition) is 1. The summed E-state index contributed by atoms with van der Waals surface area (Å²) in [5.74, 6) is 1.30. The summed E-state index contributed by atoms with van der Waals surface area (Å²) in [5, 5.41) is 10.6. The molecule has 4 aromatic rings. The summed E-state index contributed by atoms with van der Waals surface area (Å²) in [6, 6.07) is 31.2. The molecule has 0 amide bonds. The van der Waals surface area contributed by atoms with Gasteiger partial charge in [0, 0.05) is 26.7 Å². The van der Waals surface area contributed by atoms with Gasteiger partial charge in [0.2, 0.25) is 0 Å². The highest BCUT2D eigenvalue weighted by molar-refractivity contribution is 7.99. The summed E-state index contributed by atoms with van der Waals surface area (Å²) in [6.07, 6.45) is 1.66. The summed E-state index contributed by atoms with van der Waals surface area (Å²) in [4.78, 5) is 15.3. The third kappa shape index (κ3) is 5.87. The normalized spacial score (nSPS) is 11.9. The second-order valence-corrected chi connectivity index (χ2v) is 9.73. The average molecular weight is 461 g/mol. The van der Waals surface area contributed by atoms with Gasteiger partial charge in [-0.05, 0) is 42.9 Å². The smallest absolute Gasteiger partial charge is 0.344 e. The first kappa shape index (κ1) is 22.3. The Hall–Kier alpha value is -2.89. The highest BCUT2D eigenvalue weighted by Crippen LogP contribution is 2.41. The van der Waals surface area contributed by atoms with Gasteiger partial charge in [0.15, 0.2) is 0 Å². The van der Waals surface area contributed by atoms with E-state index in [1.165, 1.54) is 4.90 Å². The number of aromatic hydroxyl groups is 1. The Morgan fingerprint density at radius 3 is 2.03 bits per heavy atom. The molecule has 0 aliphatic carbocycles. The molecule has 0 spiro atoms. The van der Waals surface area contributed by atoms with Crippen molar-refractivity contribution in [2.24, 2.45) is 0 Å². The molecule has 0 radical (unpaired) electrons. The molecule has 4 rings (SSSR count). The van der Waals surface area contributed by atoms with Crippen LogP contribution in [0, 0.1) is 0 Å². The maximum Gasteiger partial charge on any atom is 0.344 e. The fourth-order valence-corrected chi connectivity index (χ4v) is 5.59. The molecule has 5 heteroatoms. The van der Waals surface area contributed by atoms with Crippen LogP contribution < -0.4 is 5.63 Å². The largest absolute Gasteiger partial charge is 0.507 e. The second-order valence-electron chi connectivity index (χ2n) is 7.29. The topological polar surface area (TPSA) is 50.4 Å². The number of thioether (sulfide) groups is 2. The zero-order valence-electron chi connectivity index (χ0n) is 17.5. The lowest BCUT2D eigenvalue weighted by Gasteiger charge is -2.17. The van der Waals surface area contributed by atoms with E-state index in [0.29, 0.717) is 11.3 Å². The van der Waals surface area contributed by atoms with Crippen LogP contribution in [0.5, 0.6) is 5.75 Å². The van der Waals surface area contributed by atoms with Crippen LogP contribution in [-0.2, 0) is 0 Å². The van der Waals surface area contributed by atoms with E-state index in [9.17, 15) is 9.90 Å². The average Bonchev–Trinajstić information content (AvgIpc) is 2.83. The van der Waals surface area contributed by atoms with Crippen molar-refractivity contribution >= 4 is 23.5 Å². The Kier molecular flexibility index (Phi) is 7.75. The van der Waals surface area contributed by atoms with Crippen LogP contribution in [-0.4, -0.2) is 10.9 Å². The minimum Gasteiger partial charge on any atom is -0.507 e. The van der Waals surface area contributed by atoms with Gasteiger partial charge in [-0.15, -0.1) is 23.5 Å². The molecule has 1 atom stereocenters. The maximum absolute atomic E-state index is 13.0. The second kappa shape index (κ2) is 11.1. The van der Waals surface area contributed by atoms with Crippen LogP contribution in [0.1, 0.15) is 23.7 Å². The molecular formula is C27H24O3S2. The minimum absolute atomic E-state index is 0.00996. The summed E-state index contributed by atoms with van der Waals surface area (Å²) in [7, 11) is 0. The van der Waals surface area contributed by atoms with Gasteiger partial charge >= 0.3 is 5.63 Å². The first-order chi connectivity index (χ1) is 15.7. The molecule has 0 aliphatic heterocycles. The summed E-state index contributed by atoms with van der Waals surface area (Å²) >= 11 is 3.39. The number of rotatable bonds is 9. The van der Waals surface area contributed by atoms with Crippen molar-refractivity contribution in [3.8, 4) is 17.1 Å². The molecular weight excluding hydrogens is 436 g/mol. The van der Waals surface area contributed by atoms with Gasteiger partial charge in [-0.1, -0.05) is 66.7 Å². The van der Waals surface area contributed by atoms with E-state index in [0.717, 1.165) is 29.1 Å². The van der Waals surface area contributed by atoms with Crippen LogP contribution in [0.2, 0.25) is 0 Å². The Balaban J connectivity index is 1.55. The monoisotopic (exact) mass is 460 g/mol. The van der Waals surface area contributed by atoms with Crippen molar-refractivity contribution in [1.82, 2.24) is 0 Å². The molecule has 3 aromatic carbocycles. The lowest BCUT2D eigenvalue weighted by molar-refractivity contribution is 0.438. The van der Waals surface area contributed by atoms with E-state index < -0.39 is 5.63 Å². The van der Waals surface area contributed by atoms with Crippen LogP contribution in [0.3, 0.4) is 0 Å². The molecule has 3 nitrogen and oxygen atoms in total. The fraction of sp³-hybridized carbons (Fsp3) is 0.148. The number of benzene rings is 3. The minimum atomic E-state index is -0.479.